The second-order valence-corrected chi connectivity index (χ2v) is 13.0. The lowest BCUT2D eigenvalue weighted by Crippen LogP contribution is -2.18. The van der Waals surface area contributed by atoms with Crippen LogP contribution in [0.15, 0.2) is 22.9 Å². The summed E-state index contributed by atoms with van der Waals surface area (Å²) in [5.74, 6) is -0.580. The summed E-state index contributed by atoms with van der Waals surface area (Å²) in [4.78, 5) is 18.7. The normalized spacial score (nSPS) is 10.9. The van der Waals surface area contributed by atoms with Gasteiger partial charge >= 0.3 is 11.4 Å². The van der Waals surface area contributed by atoms with Crippen molar-refractivity contribution in [3.63, 3.8) is 0 Å². The Kier molecular flexibility index (Phi) is 7.76. The van der Waals surface area contributed by atoms with E-state index in [1.54, 1.807) is 12.3 Å². The van der Waals surface area contributed by atoms with Gasteiger partial charge in [0.15, 0.2) is 0 Å². The van der Waals surface area contributed by atoms with E-state index in [0.29, 0.717) is 16.6 Å². The molecule has 11 heteroatoms. The van der Waals surface area contributed by atoms with Crippen molar-refractivity contribution in [3.05, 3.63) is 28.5 Å². The van der Waals surface area contributed by atoms with Crippen molar-refractivity contribution in [1.82, 2.24) is 9.97 Å². The van der Waals surface area contributed by atoms with Gasteiger partial charge in [-0.1, -0.05) is 34.8 Å². The third-order valence-electron chi connectivity index (χ3n) is 2.00. The van der Waals surface area contributed by atoms with Crippen LogP contribution in [-0.4, -0.2) is 30.9 Å². The quantitative estimate of drug-likeness (QED) is 0.333. The molecule has 0 aromatic carbocycles. The van der Waals surface area contributed by atoms with Crippen molar-refractivity contribution >= 4 is 109 Å². The van der Waals surface area contributed by atoms with Crippen molar-refractivity contribution in [1.29, 1.82) is 0 Å². The monoisotopic (exact) mass is 472 g/mol. The van der Waals surface area contributed by atoms with Crippen molar-refractivity contribution in [2.75, 3.05) is 0 Å². The van der Waals surface area contributed by atoms with Gasteiger partial charge < -0.3 is 4.98 Å². The predicted molar refractivity (Wildman–Crippen MR) is 91.7 cm³/mol. The second-order valence-electron chi connectivity index (χ2n) is 3.33. The fraction of sp³-hybridized carbons (Fsp3) is 0.111. The molecule has 0 aliphatic carbocycles. The molecule has 2 rings (SSSR count). The number of halogens is 7. The number of nitrogens with zero attached hydrogens (tertiary/aromatic N) is 1. The Morgan fingerprint density at radius 2 is 1.85 bits per heavy atom. The first-order valence-electron chi connectivity index (χ1n) is 4.79. The van der Waals surface area contributed by atoms with E-state index in [9.17, 15) is 4.79 Å². The van der Waals surface area contributed by atoms with Gasteiger partial charge in [0.25, 0.3) is 3.79 Å². The number of fused-ring (bicyclic) bond motifs is 1. The highest BCUT2D eigenvalue weighted by Gasteiger charge is 2.33. The molecule has 0 bridgehead atoms. The van der Waals surface area contributed by atoms with Crippen molar-refractivity contribution < 1.29 is 4.79 Å². The van der Waals surface area contributed by atoms with Crippen LogP contribution < -0.4 is 0 Å². The Morgan fingerprint density at radius 3 is 2.35 bits per heavy atom. The van der Waals surface area contributed by atoms with Gasteiger partial charge in [-0.3, -0.25) is 4.79 Å². The highest BCUT2D eigenvalue weighted by atomic mass is 79.9. The Labute approximate surface area is 154 Å². The average molecular weight is 476 g/mol. The summed E-state index contributed by atoms with van der Waals surface area (Å²) < 4.78 is -1.21. The first-order valence-corrected chi connectivity index (χ1v) is 12.0. The van der Waals surface area contributed by atoms with Crippen LogP contribution in [0.5, 0.6) is 0 Å². The number of aromatic nitrogens is 2. The van der Waals surface area contributed by atoms with Gasteiger partial charge in [-0.05, 0) is 22.0 Å². The Hall–Kier alpha value is 1.11. The fourth-order valence-electron chi connectivity index (χ4n) is 1.32. The number of hydrogen-bond donors (Lipinski definition) is 1. The topological polar surface area (TPSA) is 45.8 Å². The standard InChI is InChI=1S/C9H4BrCl3N2O.Al.3ClH/c10-4-1-5-6(7(16)9(11,12)13)3-15-8(5)14-2-4;;;;/h1-3H,(H,14,15);;3*1H/q;+3;;;/p-3. The summed E-state index contributed by atoms with van der Waals surface area (Å²) in [7, 11) is 14.8. The van der Waals surface area contributed by atoms with E-state index >= 15 is 0 Å². The van der Waals surface area contributed by atoms with Gasteiger partial charge in [0.2, 0.25) is 5.78 Å². The maximum atomic E-state index is 11.8. The zero-order chi connectivity index (χ0) is 15.5. The summed E-state index contributed by atoms with van der Waals surface area (Å²) in [6.07, 6.45) is 3.09. The number of carbonyl (C=O) groups excluding carboxylic acids is 1. The van der Waals surface area contributed by atoms with Crippen LogP contribution in [0.3, 0.4) is 0 Å². The van der Waals surface area contributed by atoms with Gasteiger partial charge in [0.1, 0.15) is 5.65 Å². The van der Waals surface area contributed by atoms with Crippen LogP contribution >= 0.6 is 80.9 Å². The largest absolute Gasteiger partial charge is 0.643 e. The summed E-state index contributed by atoms with van der Waals surface area (Å²) in [6, 6.07) is 1.74. The molecular formula is C9H4AlBrCl6N2O. The number of carbonyl (C=O) groups is 1. The minimum Gasteiger partial charge on any atom is -0.345 e. The van der Waals surface area contributed by atoms with Crippen molar-refractivity contribution in [2.45, 2.75) is 3.79 Å². The molecule has 20 heavy (non-hydrogen) atoms. The second kappa shape index (κ2) is 8.10. The molecule has 0 saturated heterocycles. The third-order valence-corrected chi connectivity index (χ3v) is 2.95. The number of H-pyrrole nitrogens is 1. The Bertz CT molecular complexity index is 611. The number of Topliss-reactive ketones (excluding diaryl/α,β-unsaturated/α-hetero) is 1. The van der Waals surface area contributed by atoms with Crippen LogP contribution in [0.1, 0.15) is 10.4 Å². The number of alkyl halides is 3. The van der Waals surface area contributed by atoms with E-state index in [0.717, 1.165) is 4.47 Å². The van der Waals surface area contributed by atoms with E-state index in [1.165, 1.54) is 6.20 Å². The molecule has 0 atom stereocenters. The van der Waals surface area contributed by atoms with Gasteiger partial charge in [-0.25, -0.2) is 35.1 Å². The maximum Gasteiger partial charge on any atom is 0.643 e. The molecule has 108 valence electrons. The predicted octanol–water partition coefficient (Wildman–Crippen LogP) is 5.57. The number of aromatic amines is 1. The molecule has 2 aromatic heterocycles. The Balaban J connectivity index is 0.000000444. The molecule has 3 nitrogen and oxygen atoms in total. The highest BCUT2D eigenvalue weighted by molar-refractivity contribution is 9.10. The molecule has 0 saturated carbocycles. The molecule has 0 unspecified atom stereocenters. The SMILES string of the molecule is O=C(c1c[nH]c2ncc(Br)cc12)C(Cl)(Cl)Cl.[Cl][Al]([Cl])[Cl]. The molecule has 0 aliphatic heterocycles. The molecule has 2 heterocycles. The number of rotatable bonds is 1. The molecule has 1 N–H and O–H groups in total. The zero-order valence-electron chi connectivity index (χ0n) is 9.31. The van der Waals surface area contributed by atoms with Crippen LogP contribution in [0.2, 0.25) is 0 Å². The van der Waals surface area contributed by atoms with Gasteiger partial charge in [0, 0.05) is 27.8 Å². The van der Waals surface area contributed by atoms with Gasteiger partial charge in [0.05, 0.1) is 0 Å². The summed E-state index contributed by atoms with van der Waals surface area (Å²) in [5.41, 5.74) is 0.879. The summed E-state index contributed by atoms with van der Waals surface area (Å²) >= 11 is 18.2. The lowest BCUT2D eigenvalue weighted by molar-refractivity contribution is 0.0998. The van der Waals surface area contributed by atoms with Crippen molar-refractivity contribution in [2.24, 2.45) is 0 Å². The van der Waals surface area contributed by atoms with Gasteiger partial charge in [-0.15, -0.1) is 0 Å². The first kappa shape index (κ1) is 19.2. The smallest absolute Gasteiger partial charge is 0.345 e. The molecule has 0 spiro atoms. The lowest BCUT2D eigenvalue weighted by Gasteiger charge is -2.07. The summed E-state index contributed by atoms with van der Waals surface area (Å²) in [5, 5.41) is 0.616. The van der Waals surface area contributed by atoms with Crippen LogP contribution in [0.4, 0.5) is 0 Å². The van der Waals surface area contributed by atoms with Crippen LogP contribution in [-0.2, 0) is 0 Å². The number of ketones is 1. The molecule has 0 amide bonds. The third kappa shape index (κ3) is 5.72. The molecule has 0 fully saturated rings. The number of hydrogen-bond acceptors (Lipinski definition) is 2. The van der Waals surface area contributed by atoms with E-state index < -0.39 is 21.0 Å². The van der Waals surface area contributed by atoms with Crippen LogP contribution in [0.25, 0.3) is 11.0 Å². The molecular weight excluding hydrogens is 472 g/mol. The summed E-state index contributed by atoms with van der Waals surface area (Å²) in [6.45, 7) is 0. The lowest BCUT2D eigenvalue weighted by atomic mass is 10.1. The van der Waals surface area contributed by atoms with Crippen LogP contribution in [0, 0.1) is 0 Å². The van der Waals surface area contributed by atoms with Crippen molar-refractivity contribution in [3.8, 4) is 0 Å². The van der Waals surface area contributed by atoms with Gasteiger partial charge in [-0.2, -0.15) is 0 Å². The molecule has 2 aromatic rings. The first-order chi connectivity index (χ1) is 9.12. The molecule has 0 radical (unpaired) electrons. The fourth-order valence-corrected chi connectivity index (χ4v) is 1.96. The zero-order valence-corrected chi connectivity index (χ0v) is 16.6. The van der Waals surface area contributed by atoms with E-state index in [1.807, 2.05) is 0 Å². The van der Waals surface area contributed by atoms with E-state index in [4.69, 9.17) is 65.0 Å². The number of pyridine rings is 1. The molecule has 0 aliphatic rings. The van der Waals surface area contributed by atoms with E-state index in [-0.39, 0.29) is 0 Å². The maximum absolute atomic E-state index is 11.8. The minimum absolute atomic E-state index is 0.309. The van der Waals surface area contributed by atoms with E-state index in [2.05, 4.69) is 25.9 Å². The minimum atomic E-state index is -1.96. The number of nitrogens with one attached hydrogen (secondary N) is 1. The Morgan fingerprint density at radius 1 is 1.30 bits per heavy atom. The average Bonchev–Trinajstić information content (AvgIpc) is 2.68. The highest BCUT2D eigenvalue weighted by Crippen LogP contribution is 2.33.